The highest BCUT2D eigenvalue weighted by Crippen LogP contribution is 2.30. The Kier molecular flexibility index (Phi) is 6.68. The molecule has 0 saturated heterocycles. The first-order valence-corrected chi connectivity index (χ1v) is 7.82. The van der Waals surface area contributed by atoms with Crippen molar-refractivity contribution in [1.29, 1.82) is 0 Å². The average Bonchev–Trinajstić information content (AvgIpc) is 2.48. The number of hydrogen-bond acceptors (Lipinski definition) is 3. The van der Waals surface area contributed by atoms with Crippen molar-refractivity contribution < 1.29 is 19.4 Å². The summed E-state index contributed by atoms with van der Waals surface area (Å²) < 4.78 is 11.5. The monoisotopic (exact) mass is 307 g/mol. The van der Waals surface area contributed by atoms with Gasteiger partial charge in [0.25, 0.3) is 0 Å². The second kappa shape index (κ2) is 8.76. The van der Waals surface area contributed by atoms with Crippen LogP contribution in [-0.4, -0.2) is 49.0 Å². The standard InChI is InChI=1S/C17H25NO4/c1-18(17(19)20)8-5-9-22-16-10-15(11-16)13-21-12-14-6-3-2-4-7-14/h2-4,6-7,15-16H,5,8-13H2,1H3,(H,19,20). The van der Waals surface area contributed by atoms with Gasteiger partial charge in [-0.3, -0.25) is 0 Å². The molecule has 1 fully saturated rings. The highest BCUT2D eigenvalue weighted by molar-refractivity contribution is 5.64. The van der Waals surface area contributed by atoms with Gasteiger partial charge in [0.2, 0.25) is 0 Å². The van der Waals surface area contributed by atoms with Gasteiger partial charge in [-0.1, -0.05) is 30.3 Å². The lowest BCUT2D eigenvalue weighted by Gasteiger charge is -2.35. The van der Waals surface area contributed by atoms with Crippen LogP contribution in [0.4, 0.5) is 4.79 Å². The van der Waals surface area contributed by atoms with Gasteiger partial charge in [0.15, 0.2) is 0 Å². The second-order valence-corrected chi connectivity index (χ2v) is 5.89. The van der Waals surface area contributed by atoms with Crippen molar-refractivity contribution in [1.82, 2.24) is 4.90 Å². The molecule has 0 bridgehead atoms. The third-order valence-electron chi connectivity index (χ3n) is 3.98. The molecule has 0 unspecified atom stereocenters. The van der Waals surface area contributed by atoms with Crippen molar-refractivity contribution in [3.63, 3.8) is 0 Å². The van der Waals surface area contributed by atoms with E-state index in [1.807, 2.05) is 18.2 Å². The van der Waals surface area contributed by atoms with Gasteiger partial charge >= 0.3 is 6.09 Å². The number of ether oxygens (including phenoxy) is 2. The Labute approximate surface area is 131 Å². The predicted molar refractivity (Wildman–Crippen MR) is 83.8 cm³/mol. The van der Waals surface area contributed by atoms with Crippen LogP contribution in [0.25, 0.3) is 0 Å². The smallest absolute Gasteiger partial charge is 0.407 e. The van der Waals surface area contributed by atoms with Crippen LogP contribution in [0, 0.1) is 5.92 Å². The first-order valence-electron chi connectivity index (χ1n) is 7.82. The summed E-state index contributed by atoms with van der Waals surface area (Å²) in [7, 11) is 1.58. The topological polar surface area (TPSA) is 59.0 Å². The Balaban J connectivity index is 1.45. The van der Waals surface area contributed by atoms with Crippen LogP contribution in [0.15, 0.2) is 30.3 Å². The lowest BCUT2D eigenvalue weighted by Crippen LogP contribution is -2.35. The number of rotatable bonds is 9. The number of benzene rings is 1. The molecule has 1 aliphatic rings. The summed E-state index contributed by atoms with van der Waals surface area (Å²) in [5, 5.41) is 8.72. The van der Waals surface area contributed by atoms with E-state index in [0.29, 0.717) is 31.8 Å². The van der Waals surface area contributed by atoms with Crippen LogP contribution in [0.5, 0.6) is 0 Å². The molecule has 2 rings (SSSR count). The van der Waals surface area contributed by atoms with Gasteiger partial charge in [0.05, 0.1) is 19.3 Å². The van der Waals surface area contributed by atoms with Gasteiger partial charge in [-0.15, -0.1) is 0 Å². The van der Waals surface area contributed by atoms with E-state index in [4.69, 9.17) is 14.6 Å². The van der Waals surface area contributed by atoms with Gasteiger partial charge < -0.3 is 19.5 Å². The molecule has 0 spiro atoms. The van der Waals surface area contributed by atoms with Crippen molar-refractivity contribution in [2.24, 2.45) is 5.92 Å². The van der Waals surface area contributed by atoms with Crippen LogP contribution < -0.4 is 0 Å². The number of carboxylic acid groups (broad SMARTS) is 1. The number of hydrogen-bond donors (Lipinski definition) is 1. The molecule has 1 aromatic rings. The van der Waals surface area contributed by atoms with Crippen molar-refractivity contribution in [2.45, 2.75) is 32.0 Å². The zero-order valence-electron chi connectivity index (χ0n) is 13.1. The van der Waals surface area contributed by atoms with Crippen molar-refractivity contribution in [3.8, 4) is 0 Å². The van der Waals surface area contributed by atoms with Gasteiger partial charge in [-0.25, -0.2) is 4.79 Å². The molecule has 122 valence electrons. The molecule has 1 N–H and O–H groups in total. The third-order valence-corrected chi connectivity index (χ3v) is 3.98. The van der Waals surface area contributed by atoms with Crippen LogP contribution in [-0.2, 0) is 16.1 Å². The number of carbonyl (C=O) groups is 1. The maximum atomic E-state index is 10.6. The highest BCUT2D eigenvalue weighted by atomic mass is 16.5. The summed E-state index contributed by atoms with van der Waals surface area (Å²) in [6.45, 7) is 2.60. The fraction of sp³-hybridized carbons (Fsp3) is 0.588. The number of nitrogens with zero attached hydrogens (tertiary/aromatic N) is 1. The van der Waals surface area contributed by atoms with Gasteiger partial charge in [-0.2, -0.15) is 0 Å². The summed E-state index contributed by atoms with van der Waals surface area (Å²) in [5.74, 6) is 0.593. The Morgan fingerprint density at radius 1 is 1.32 bits per heavy atom. The summed E-state index contributed by atoms with van der Waals surface area (Å²) in [5.41, 5.74) is 1.21. The molecule has 22 heavy (non-hydrogen) atoms. The highest BCUT2D eigenvalue weighted by Gasteiger charge is 2.29. The molecule has 0 atom stereocenters. The summed E-state index contributed by atoms with van der Waals surface area (Å²) >= 11 is 0. The molecule has 1 aliphatic carbocycles. The average molecular weight is 307 g/mol. The lowest BCUT2D eigenvalue weighted by molar-refractivity contribution is -0.0596. The fourth-order valence-electron chi connectivity index (χ4n) is 2.51. The van der Waals surface area contributed by atoms with Crippen molar-refractivity contribution in [2.75, 3.05) is 26.8 Å². The molecule has 1 saturated carbocycles. The normalized spacial score (nSPS) is 20.4. The second-order valence-electron chi connectivity index (χ2n) is 5.89. The quantitative estimate of drug-likeness (QED) is 0.713. The molecule has 1 amide bonds. The Hall–Kier alpha value is -1.59. The minimum atomic E-state index is -0.890. The first kappa shape index (κ1) is 16.8. The minimum Gasteiger partial charge on any atom is -0.465 e. The van der Waals surface area contributed by atoms with Crippen LogP contribution in [0.3, 0.4) is 0 Å². The minimum absolute atomic E-state index is 0.320. The van der Waals surface area contributed by atoms with E-state index in [2.05, 4.69) is 12.1 Å². The van der Waals surface area contributed by atoms with Crippen molar-refractivity contribution in [3.05, 3.63) is 35.9 Å². The van der Waals surface area contributed by atoms with Gasteiger partial charge in [-0.05, 0) is 30.7 Å². The summed E-state index contributed by atoms with van der Waals surface area (Å²) in [6.07, 6.45) is 2.27. The molecule has 5 nitrogen and oxygen atoms in total. The fourth-order valence-corrected chi connectivity index (χ4v) is 2.51. The van der Waals surface area contributed by atoms with E-state index in [1.165, 1.54) is 10.5 Å². The van der Waals surface area contributed by atoms with Crippen LogP contribution >= 0.6 is 0 Å². The van der Waals surface area contributed by atoms with Crippen molar-refractivity contribution >= 4 is 6.09 Å². The molecule has 0 aromatic heterocycles. The Bertz CT molecular complexity index is 445. The maximum absolute atomic E-state index is 10.6. The molecule has 5 heteroatoms. The summed E-state index contributed by atoms with van der Waals surface area (Å²) in [6, 6.07) is 10.2. The molecule has 0 aliphatic heterocycles. The van der Waals surface area contributed by atoms with Crippen LogP contribution in [0.2, 0.25) is 0 Å². The van der Waals surface area contributed by atoms with E-state index >= 15 is 0 Å². The molecule has 0 radical (unpaired) electrons. The van der Waals surface area contributed by atoms with Crippen LogP contribution in [0.1, 0.15) is 24.8 Å². The lowest BCUT2D eigenvalue weighted by atomic mass is 9.83. The summed E-state index contributed by atoms with van der Waals surface area (Å²) in [4.78, 5) is 11.9. The van der Waals surface area contributed by atoms with Gasteiger partial charge in [0, 0.05) is 20.2 Å². The molecular formula is C17H25NO4. The molecular weight excluding hydrogens is 282 g/mol. The van der Waals surface area contributed by atoms with E-state index < -0.39 is 6.09 Å². The Morgan fingerprint density at radius 2 is 2.05 bits per heavy atom. The zero-order valence-corrected chi connectivity index (χ0v) is 13.1. The SMILES string of the molecule is CN(CCCOC1CC(COCc2ccccc2)C1)C(=O)O. The Morgan fingerprint density at radius 3 is 2.73 bits per heavy atom. The van der Waals surface area contributed by atoms with E-state index in [0.717, 1.165) is 25.9 Å². The third kappa shape index (κ3) is 5.66. The largest absolute Gasteiger partial charge is 0.465 e. The molecule has 1 aromatic carbocycles. The zero-order chi connectivity index (χ0) is 15.8. The number of amides is 1. The molecule has 0 heterocycles. The van der Waals surface area contributed by atoms with E-state index in [-0.39, 0.29) is 0 Å². The maximum Gasteiger partial charge on any atom is 0.407 e. The first-order chi connectivity index (χ1) is 10.6. The predicted octanol–water partition coefficient (Wildman–Crippen LogP) is 3.00. The van der Waals surface area contributed by atoms with E-state index in [9.17, 15) is 4.79 Å². The van der Waals surface area contributed by atoms with Gasteiger partial charge in [0.1, 0.15) is 0 Å². The van der Waals surface area contributed by atoms with E-state index in [1.54, 1.807) is 7.05 Å².